The first-order valence-corrected chi connectivity index (χ1v) is 10.6. The Morgan fingerprint density at radius 1 is 1.15 bits per heavy atom. The zero-order valence-corrected chi connectivity index (χ0v) is 16.1. The van der Waals surface area contributed by atoms with Crippen LogP contribution in [0, 0.1) is 0 Å². The highest BCUT2D eigenvalue weighted by Crippen LogP contribution is 2.39. The Labute approximate surface area is 165 Å². The molecule has 0 aliphatic carbocycles. The van der Waals surface area contributed by atoms with Gasteiger partial charge in [0.25, 0.3) is 0 Å². The molecule has 1 atom stereocenters. The van der Waals surface area contributed by atoms with E-state index in [2.05, 4.69) is 39.2 Å². The molecule has 0 spiro atoms. The summed E-state index contributed by atoms with van der Waals surface area (Å²) in [6, 6.07) is 12.1. The van der Waals surface area contributed by atoms with Gasteiger partial charge in [-0.15, -0.1) is 22.7 Å². The summed E-state index contributed by atoms with van der Waals surface area (Å²) in [5, 5.41) is 7.24. The van der Waals surface area contributed by atoms with Gasteiger partial charge in [0, 0.05) is 28.1 Å². The van der Waals surface area contributed by atoms with Crippen LogP contribution in [0.1, 0.15) is 21.4 Å². The number of hydrogen-bond donors (Lipinski definition) is 1. The highest BCUT2D eigenvalue weighted by molar-refractivity contribution is 7.10. The van der Waals surface area contributed by atoms with Gasteiger partial charge in [0.1, 0.15) is 0 Å². The third-order valence-electron chi connectivity index (χ3n) is 4.88. The molecule has 0 bridgehead atoms. The second-order valence-electron chi connectivity index (χ2n) is 6.55. The fourth-order valence-electron chi connectivity index (χ4n) is 3.68. The number of hydrogen-bond acceptors (Lipinski definition) is 6. The van der Waals surface area contributed by atoms with Crippen molar-refractivity contribution in [3.8, 4) is 11.5 Å². The maximum atomic E-state index is 12.7. The first-order valence-electron chi connectivity index (χ1n) is 8.81. The van der Waals surface area contributed by atoms with Gasteiger partial charge in [-0.1, -0.05) is 6.07 Å². The van der Waals surface area contributed by atoms with Crippen molar-refractivity contribution in [3.05, 3.63) is 62.5 Å². The maximum absolute atomic E-state index is 12.7. The lowest BCUT2D eigenvalue weighted by Gasteiger charge is -2.34. The van der Waals surface area contributed by atoms with E-state index in [1.165, 1.54) is 15.3 Å². The average molecular weight is 399 g/mol. The molecule has 7 heteroatoms. The second-order valence-corrected chi connectivity index (χ2v) is 8.53. The molecule has 3 aromatic rings. The summed E-state index contributed by atoms with van der Waals surface area (Å²) in [7, 11) is 0. The Bertz CT molecular complexity index is 968. The molecule has 2 aliphatic heterocycles. The summed E-state index contributed by atoms with van der Waals surface area (Å²) < 4.78 is 10.7. The highest BCUT2D eigenvalue weighted by Gasteiger charge is 2.31. The fourth-order valence-corrected chi connectivity index (χ4v) is 5.46. The molecule has 1 aromatic carbocycles. The average Bonchev–Trinajstić information content (AvgIpc) is 3.42. The molecule has 2 aromatic heterocycles. The van der Waals surface area contributed by atoms with Crippen LogP contribution in [0.3, 0.4) is 0 Å². The zero-order valence-electron chi connectivity index (χ0n) is 14.5. The Morgan fingerprint density at radius 2 is 2.07 bits per heavy atom. The van der Waals surface area contributed by atoms with Gasteiger partial charge in [0.2, 0.25) is 12.7 Å². The van der Waals surface area contributed by atoms with Gasteiger partial charge in [-0.05, 0) is 47.0 Å². The molecule has 0 radical (unpaired) electrons. The van der Waals surface area contributed by atoms with Crippen LogP contribution in [0.2, 0.25) is 0 Å². The van der Waals surface area contributed by atoms with Gasteiger partial charge >= 0.3 is 0 Å². The van der Waals surface area contributed by atoms with Crippen LogP contribution in [0.25, 0.3) is 0 Å². The van der Waals surface area contributed by atoms with Crippen molar-refractivity contribution in [2.75, 3.05) is 25.2 Å². The molecular weight excluding hydrogens is 380 g/mol. The minimum atomic E-state index is -0.0194. The second kappa shape index (κ2) is 6.99. The lowest BCUT2D eigenvalue weighted by atomic mass is 9.98. The van der Waals surface area contributed by atoms with Crippen molar-refractivity contribution in [1.29, 1.82) is 0 Å². The van der Waals surface area contributed by atoms with Crippen molar-refractivity contribution >= 4 is 34.3 Å². The zero-order chi connectivity index (χ0) is 18.2. The normalized spacial score (nSPS) is 18.3. The van der Waals surface area contributed by atoms with Crippen molar-refractivity contribution in [3.63, 3.8) is 0 Å². The number of rotatable bonds is 4. The number of nitrogens with zero attached hydrogens (tertiary/aromatic N) is 1. The molecule has 1 amide bonds. The third kappa shape index (κ3) is 3.22. The maximum Gasteiger partial charge on any atom is 0.238 e. The number of amides is 1. The number of carbonyl (C=O) groups is 1. The van der Waals surface area contributed by atoms with Crippen LogP contribution in [0.5, 0.6) is 11.5 Å². The lowest BCUT2D eigenvalue weighted by molar-refractivity contribution is -0.117. The summed E-state index contributed by atoms with van der Waals surface area (Å²) in [6.45, 7) is 1.46. The monoisotopic (exact) mass is 398 g/mol. The molecule has 2 aliphatic rings. The molecular formula is C20H18N2O3S2. The van der Waals surface area contributed by atoms with E-state index in [-0.39, 0.29) is 18.7 Å². The highest BCUT2D eigenvalue weighted by atomic mass is 32.1. The molecule has 5 rings (SSSR count). The minimum absolute atomic E-state index is 0.0194. The van der Waals surface area contributed by atoms with E-state index in [4.69, 9.17) is 9.47 Å². The summed E-state index contributed by atoms with van der Waals surface area (Å²) in [4.78, 5) is 17.7. The third-order valence-corrected chi connectivity index (χ3v) is 6.80. The predicted octanol–water partition coefficient (Wildman–Crippen LogP) is 4.12. The summed E-state index contributed by atoms with van der Waals surface area (Å²) in [5.41, 5.74) is 2.06. The molecule has 1 unspecified atom stereocenters. The number of anilines is 1. The number of thiophene rings is 2. The lowest BCUT2D eigenvalue weighted by Crippen LogP contribution is -2.40. The molecule has 0 saturated heterocycles. The SMILES string of the molecule is O=C(CN1CCc2sccc2C1c1cccs1)Nc1ccc2c(c1)OCO2. The largest absolute Gasteiger partial charge is 0.454 e. The summed E-state index contributed by atoms with van der Waals surface area (Å²) in [5.74, 6) is 1.37. The first kappa shape index (κ1) is 16.8. The van der Waals surface area contributed by atoms with Crippen molar-refractivity contribution < 1.29 is 14.3 Å². The standard InChI is InChI=1S/C20H18N2O3S2/c23-19(21-13-3-4-15-16(10-13)25-12-24-15)11-22-7-5-17-14(6-9-27-17)20(22)18-2-1-8-26-18/h1-4,6,8-10,20H,5,7,11-12H2,(H,21,23). The van der Waals surface area contributed by atoms with Gasteiger partial charge in [-0.2, -0.15) is 0 Å². The van der Waals surface area contributed by atoms with E-state index >= 15 is 0 Å². The first-order chi connectivity index (χ1) is 13.3. The van der Waals surface area contributed by atoms with Gasteiger partial charge in [-0.3, -0.25) is 9.69 Å². The van der Waals surface area contributed by atoms with Gasteiger partial charge in [0.15, 0.2) is 11.5 Å². The van der Waals surface area contributed by atoms with Crippen molar-refractivity contribution in [2.24, 2.45) is 0 Å². The van der Waals surface area contributed by atoms with Crippen molar-refractivity contribution in [2.45, 2.75) is 12.5 Å². The van der Waals surface area contributed by atoms with Crippen LogP contribution in [0.4, 0.5) is 5.69 Å². The Kier molecular flexibility index (Phi) is 4.35. The Hall–Kier alpha value is -2.35. The molecule has 27 heavy (non-hydrogen) atoms. The van der Waals surface area contributed by atoms with E-state index in [9.17, 15) is 4.79 Å². The Morgan fingerprint density at radius 3 is 2.96 bits per heavy atom. The van der Waals surface area contributed by atoms with Gasteiger partial charge in [0.05, 0.1) is 12.6 Å². The predicted molar refractivity (Wildman–Crippen MR) is 107 cm³/mol. The molecule has 5 nitrogen and oxygen atoms in total. The van der Waals surface area contributed by atoms with Gasteiger partial charge < -0.3 is 14.8 Å². The summed E-state index contributed by atoms with van der Waals surface area (Å²) >= 11 is 3.56. The Balaban J connectivity index is 1.34. The van der Waals surface area contributed by atoms with E-state index in [1.54, 1.807) is 11.3 Å². The smallest absolute Gasteiger partial charge is 0.238 e. The van der Waals surface area contributed by atoms with Crippen LogP contribution in [-0.4, -0.2) is 30.7 Å². The molecule has 0 saturated carbocycles. The van der Waals surface area contributed by atoms with E-state index in [0.29, 0.717) is 18.0 Å². The number of fused-ring (bicyclic) bond motifs is 2. The van der Waals surface area contributed by atoms with Gasteiger partial charge in [-0.25, -0.2) is 0 Å². The van der Waals surface area contributed by atoms with Crippen LogP contribution >= 0.6 is 22.7 Å². The summed E-state index contributed by atoms with van der Waals surface area (Å²) in [6.07, 6.45) is 0.992. The van der Waals surface area contributed by atoms with Crippen LogP contribution in [-0.2, 0) is 11.2 Å². The topological polar surface area (TPSA) is 50.8 Å². The number of nitrogens with one attached hydrogen (secondary N) is 1. The van der Waals surface area contributed by atoms with Crippen LogP contribution in [0.15, 0.2) is 47.2 Å². The van der Waals surface area contributed by atoms with Crippen molar-refractivity contribution in [1.82, 2.24) is 4.90 Å². The number of benzene rings is 1. The van der Waals surface area contributed by atoms with Crippen LogP contribution < -0.4 is 14.8 Å². The molecule has 138 valence electrons. The van der Waals surface area contributed by atoms with E-state index in [1.807, 2.05) is 29.5 Å². The minimum Gasteiger partial charge on any atom is -0.454 e. The quantitative estimate of drug-likeness (QED) is 0.718. The molecule has 4 heterocycles. The molecule has 0 fully saturated rings. The fraction of sp³-hybridized carbons (Fsp3) is 0.250. The number of ether oxygens (including phenoxy) is 2. The number of carbonyl (C=O) groups excluding carboxylic acids is 1. The van der Waals surface area contributed by atoms with E-state index < -0.39 is 0 Å². The van der Waals surface area contributed by atoms with E-state index in [0.717, 1.165) is 18.7 Å². The molecule has 1 N–H and O–H groups in total.